The lowest BCUT2D eigenvalue weighted by molar-refractivity contribution is -0.385. The molecule has 0 aliphatic heterocycles. The average molecular weight is 402 g/mol. The van der Waals surface area contributed by atoms with Gasteiger partial charge in [0.1, 0.15) is 0 Å². The lowest BCUT2D eigenvalue weighted by Gasteiger charge is -2.04. The van der Waals surface area contributed by atoms with Crippen molar-refractivity contribution in [2.75, 3.05) is 13.7 Å². The summed E-state index contributed by atoms with van der Waals surface area (Å²) in [5.41, 5.74) is 0.485. The van der Waals surface area contributed by atoms with E-state index in [4.69, 9.17) is 4.74 Å². The number of nitro benzene ring substituents is 2. The van der Waals surface area contributed by atoms with Crippen LogP contribution < -0.4 is 4.80 Å². The van der Waals surface area contributed by atoms with Gasteiger partial charge in [-0.3, -0.25) is 25.0 Å². The highest BCUT2D eigenvalue weighted by atomic mass is 32.1. The van der Waals surface area contributed by atoms with E-state index in [1.165, 1.54) is 37.4 Å². The number of ether oxygens (including phenoxy) is 1. The first kappa shape index (κ1) is 19.3. The third-order valence-electron chi connectivity index (χ3n) is 3.90. The second-order valence-electron chi connectivity index (χ2n) is 5.66. The largest absolute Gasteiger partial charge is 0.383 e. The second kappa shape index (κ2) is 8.06. The van der Waals surface area contributed by atoms with E-state index in [2.05, 4.69) is 4.99 Å². The molecule has 0 fully saturated rings. The Kier molecular flexibility index (Phi) is 5.57. The van der Waals surface area contributed by atoms with Gasteiger partial charge in [-0.15, -0.1) is 0 Å². The van der Waals surface area contributed by atoms with E-state index in [-0.39, 0.29) is 16.9 Å². The summed E-state index contributed by atoms with van der Waals surface area (Å²) in [4.78, 5) is 37.8. The topological polar surface area (TPSA) is 130 Å². The summed E-state index contributed by atoms with van der Waals surface area (Å²) in [6.45, 7) is 0.733. The van der Waals surface area contributed by atoms with Gasteiger partial charge < -0.3 is 9.30 Å². The summed E-state index contributed by atoms with van der Waals surface area (Å²) < 4.78 is 7.40. The molecule has 0 saturated heterocycles. The molecule has 0 unspecified atom stereocenters. The maximum atomic E-state index is 12.5. The molecule has 11 heteroatoms. The predicted octanol–water partition coefficient (Wildman–Crippen LogP) is 2.91. The highest BCUT2D eigenvalue weighted by molar-refractivity contribution is 7.16. The molecule has 1 aromatic heterocycles. The highest BCUT2D eigenvalue weighted by Gasteiger charge is 2.14. The number of rotatable bonds is 6. The van der Waals surface area contributed by atoms with Crippen molar-refractivity contribution in [1.82, 2.24) is 4.57 Å². The maximum Gasteiger partial charge on any atom is 0.279 e. The molecule has 3 aromatic rings. The number of amides is 1. The molecule has 1 amide bonds. The van der Waals surface area contributed by atoms with Crippen LogP contribution in [0, 0.1) is 20.2 Å². The maximum absolute atomic E-state index is 12.5. The molecule has 0 N–H and O–H groups in total. The minimum absolute atomic E-state index is 0.0656. The standard InChI is InChI=1S/C17H14N4O6S/c1-27-8-7-19-14-6-5-13(21(25)26)10-15(14)28-17(19)18-16(22)11-3-2-4-12(9-11)20(23)24/h2-6,9-10H,7-8H2,1H3. The van der Waals surface area contributed by atoms with Crippen LogP contribution in [0.3, 0.4) is 0 Å². The van der Waals surface area contributed by atoms with Crippen molar-refractivity contribution in [3.8, 4) is 0 Å². The van der Waals surface area contributed by atoms with Gasteiger partial charge in [-0.2, -0.15) is 4.99 Å². The molecule has 0 aliphatic rings. The third-order valence-corrected chi connectivity index (χ3v) is 4.94. The van der Waals surface area contributed by atoms with Crippen molar-refractivity contribution < 1.29 is 19.4 Å². The zero-order valence-corrected chi connectivity index (χ0v) is 15.4. The first-order valence-corrected chi connectivity index (χ1v) is 8.82. The van der Waals surface area contributed by atoms with E-state index in [9.17, 15) is 25.0 Å². The fraction of sp³-hybridized carbons (Fsp3) is 0.176. The number of thiazole rings is 1. The van der Waals surface area contributed by atoms with Crippen LogP contribution in [0.25, 0.3) is 10.2 Å². The molecular weight excluding hydrogens is 388 g/mol. The number of methoxy groups -OCH3 is 1. The summed E-state index contributed by atoms with van der Waals surface area (Å²) in [6.07, 6.45) is 0. The molecule has 10 nitrogen and oxygen atoms in total. The van der Waals surface area contributed by atoms with Gasteiger partial charge in [-0.1, -0.05) is 17.4 Å². The zero-order valence-electron chi connectivity index (χ0n) is 14.6. The van der Waals surface area contributed by atoms with Crippen LogP contribution in [0.1, 0.15) is 10.4 Å². The van der Waals surface area contributed by atoms with Gasteiger partial charge in [0.15, 0.2) is 4.80 Å². The van der Waals surface area contributed by atoms with Gasteiger partial charge >= 0.3 is 0 Å². The quantitative estimate of drug-likeness (QED) is 0.460. The number of carbonyl (C=O) groups is 1. The van der Waals surface area contributed by atoms with Crippen molar-refractivity contribution in [2.45, 2.75) is 6.54 Å². The SMILES string of the molecule is COCCn1c(=NC(=O)c2cccc([N+](=O)[O-])c2)sc2cc([N+](=O)[O-])ccc21. The van der Waals surface area contributed by atoms with Crippen molar-refractivity contribution >= 4 is 38.8 Å². The van der Waals surface area contributed by atoms with Crippen molar-refractivity contribution in [2.24, 2.45) is 4.99 Å². The Labute approximate surface area is 161 Å². The Morgan fingerprint density at radius 2 is 1.86 bits per heavy atom. The molecule has 144 valence electrons. The number of hydrogen-bond acceptors (Lipinski definition) is 7. The highest BCUT2D eigenvalue weighted by Crippen LogP contribution is 2.23. The van der Waals surface area contributed by atoms with Gasteiger partial charge in [0.25, 0.3) is 17.3 Å². The molecule has 0 bridgehead atoms. The van der Waals surface area contributed by atoms with Crippen LogP contribution >= 0.6 is 11.3 Å². The minimum atomic E-state index is -0.643. The third kappa shape index (κ3) is 3.94. The Balaban J connectivity index is 2.11. The Hall–Kier alpha value is -3.44. The number of non-ortho nitro benzene ring substituents is 2. The van der Waals surface area contributed by atoms with Crippen LogP contribution in [0.15, 0.2) is 47.5 Å². The average Bonchev–Trinajstić information content (AvgIpc) is 3.02. The number of benzene rings is 2. The van der Waals surface area contributed by atoms with Crippen molar-refractivity contribution in [1.29, 1.82) is 0 Å². The van der Waals surface area contributed by atoms with E-state index in [1.807, 2.05) is 0 Å². The first-order chi connectivity index (χ1) is 13.4. The first-order valence-electron chi connectivity index (χ1n) is 8.01. The Morgan fingerprint density at radius 3 is 2.54 bits per heavy atom. The van der Waals surface area contributed by atoms with E-state index < -0.39 is 15.8 Å². The molecule has 0 spiro atoms. The molecular formula is C17H14N4O6S. The summed E-state index contributed by atoms with van der Waals surface area (Å²) in [5.74, 6) is -0.643. The van der Waals surface area contributed by atoms with Crippen LogP contribution in [0.5, 0.6) is 0 Å². The number of carbonyl (C=O) groups excluding carboxylic acids is 1. The van der Waals surface area contributed by atoms with Crippen LogP contribution in [0.2, 0.25) is 0 Å². The molecule has 2 aromatic carbocycles. The zero-order chi connectivity index (χ0) is 20.3. The van der Waals surface area contributed by atoms with Gasteiger partial charge in [-0.25, -0.2) is 0 Å². The normalized spacial score (nSPS) is 11.7. The number of aromatic nitrogens is 1. The fourth-order valence-corrected chi connectivity index (χ4v) is 3.65. The summed E-state index contributed by atoms with van der Waals surface area (Å²) in [7, 11) is 1.53. The monoisotopic (exact) mass is 402 g/mol. The Bertz CT molecular complexity index is 1150. The molecule has 28 heavy (non-hydrogen) atoms. The van der Waals surface area contributed by atoms with Crippen LogP contribution in [-0.4, -0.2) is 34.0 Å². The van der Waals surface area contributed by atoms with E-state index in [0.29, 0.717) is 28.2 Å². The van der Waals surface area contributed by atoms with Crippen LogP contribution in [-0.2, 0) is 11.3 Å². The lowest BCUT2D eigenvalue weighted by atomic mass is 10.2. The smallest absolute Gasteiger partial charge is 0.279 e. The molecule has 3 rings (SSSR count). The molecule has 1 heterocycles. The lowest BCUT2D eigenvalue weighted by Crippen LogP contribution is -2.19. The number of nitrogens with zero attached hydrogens (tertiary/aromatic N) is 4. The number of nitro groups is 2. The van der Waals surface area contributed by atoms with Gasteiger partial charge in [0, 0.05) is 43.5 Å². The molecule has 0 saturated carbocycles. The van der Waals surface area contributed by atoms with Crippen LogP contribution in [0.4, 0.5) is 11.4 Å². The van der Waals surface area contributed by atoms with Crippen molar-refractivity contribution in [3.63, 3.8) is 0 Å². The van der Waals surface area contributed by atoms with Gasteiger partial charge in [0.2, 0.25) is 0 Å². The van der Waals surface area contributed by atoms with Gasteiger partial charge in [-0.05, 0) is 12.1 Å². The molecule has 0 radical (unpaired) electrons. The van der Waals surface area contributed by atoms with E-state index in [1.54, 1.807) is 10.6 Å². The summed E-state index contributed by atoms with van der Waals surface area (Å²) in [5, 5.41) is 21.9. The fourth-order valence-electron chi connectivity index (χ4n) is 2.56. The molecule has 0 atom stereocenters. The van der Waals surface area contributed by atoms with Gasteiger partial charge in [0.05, 0.1) is 26.7 Å². The Morgan fingerprint density at radius 1 is 1.14 bits per heavy atom. The predicted molar refractivity (Wildman–Crippen MR) is 101 cm³/mol. The van der Waals surface area contributed by atoms with E-state index >= 15 is 0 Å². The van der Waals surface area contributed by atoms with Crippen molar-refractivity contribution in [3.05, 3.63) is 73.1 Å². The second-order valence-corrected chi connectivity index (χ2v) is 6.67. The minimum Gasteiger partial charge on any atom is -0.383 e. The summed E-state index contributed by atoms with van der Waals surface area (Å²) >= 11 is 1.12. The summed E-state index contributed by atoms with van der Waals surface area (Å²) in [6, 6.07) is 9.68. The number of fused-ring (bicyclic) bond motifs is 1. The molecule has 0 aliphatic carbocycles. The van der Waals surface area contributed by atoms with E-state index in [0.717, 1.165) is 17.4 Å². The number of hydrogen-bond donors (Lipinski definition) is 0.